The lowest BCUT2D eigenvalue weighted by Gasteiger charge is -2.08. The second-order valence-corrected chi connectivity index (χ2v) is 4.37. The van der Waals surface area contributed by atoms with Gasteiger partial charge in [-0.2, -0.15) is 0 Å². The summed E-state index contributed by atoms with van der Waals surface area (Å²) in [6, 6.07) is 1.47. The number of nitrogens with zero attached hydrogens (tertiary/aromatic N) is 3. The minimum atomic E-state index is -0.987. The molecule has 2 aromatic rings. The number of carbonyl (C=O) groups is 1. The number of aryl methyl sites for hydroxylation is 1. The molecule has 0 saturated carbocycles. The molecule has 1 saturated heterocycles. The van der Waals surface area contributed by atoms with E-state index >= 15 is 0 Å². The normalized spacial score (nSPS) is 19.5. The zero-order chi connectivity index (χ0) is 12.7. The number of fused-ring (bicyclic) bond motifs is 1. The van der Waals surface area contributed by atoms with Crippen LogP contribution >= 0.6 is 0 Å². The van der Waals surface area contributed by atoms with Crippen molar-refractivity contribution in [1.82, 2.24) is 14.5 Å². The fourth-order valence-electron chi connectivity index (χ4n) is 2.34. The van der Waals surface area contributed by atoms with Gasteiger partial charge in [0.2, 0.25) is 0 Å². The summed E-state index contributed by atoms with van der Waals surface area (Å²) in [5.74, 6) is -0.233. The van der Waals surface area contributed by atoms with Gasteiger partial charge in [0.05, 0.1) is 5.56 Å². The quantitative estimate of drug-likeness (QED) is 0.870. The van der Waals surface area contributed by atoms with Gasteiger partial charge in [0.25, 0.3) is 0 Å². The number of rotatable bonds is 2. The van der Waals surface area contributed by atoms with Crippen molar-refractivity contribution in [2.45, 2.75) is 18.9 Å². The lowest BCUT2D eigenvalue weighted by Crippen LogP contribution is -2.04. The molecule has 0 bridgehead atoms. The first-order chi connectivity index (χ1) is 8.68. The first-order valence-corrected chi connectivity index (χ1v) is 5.84. The highest BCUT2D eigenvalue weighted by Crippen LogP contribution is 2.30. The van der Waals surface area contributed by atoms with E-state index in [-0.39, 0.29) is 11.7 Å². The summed E-state index contributed by atoms with van der Waals surface area (Å²) < 4.78 is 7.41. The zero-order valence-electron chi connectivity index (χ0n) is 9.96. The molecule has 6 nitrogen and oxygen atoms in total. The van der Waals surface area contributed by atoms with Crippen molar-refractivity contribution in [1.29, 1.82) is 0 Å². The molecule has 0 radical (unpaired) electrons. The molecular weight excluding hydrogens is 234 g/mol. The van der Waals surface area contributed by atoms with E-state index < -0.39 is 5.97 Å². The van der Waals surface area contributed by atoms with Gasteiger partial charge in [-0.3, -0.25) is 0 Å². The van der Waals surface area contributed by atoms with Gasteiger partial charge in [-0.05, 0) is 18.9 Å². The molecule has 0 amide bonds. The Morgan fingerprint density at radius 2 is 2.44 bits per heavy atom. The van der Waals surface area contributed by atoms with Gasteiger partial charge in [0.15, 0.2) is 5.65 Å². The Morgan fingerprint density at radius 3 is 3.11 bits per heavy atom. The molecule has 0 spiro atoms. The maximum atomic E-state index is 11.1. The van der Waals surface area contributed by atoms with E-state index in [4.69, 9.17) is 9.84 Å². The van der Waals surface area contributed by atoms with E-state index in [9.17, 15) is 4.79 Å². The Morgan fingerprint density at radius 1 is 1.61 bits per heavy atom. The highest BCUT2D eigenvalue weighted by molar-refractivity contribution is 5.99. The smallest absolute Gasteiger partial charge is 0.338 e. The Labute approximate surface area is 103 Å². The second kappa shape index (κ2) is 4.06. The predicted octanol–water partition coefficient (Wildman–Crippen LogP) is 1.52. The maximum Gasteiger partial charge on any atom is 0.338 e. The third-order valence-electron chi connectivity index (χ3n) is 3.24. The minimum absolute atomic E-state index is 0.0501. The standard InChI is InChI=1S/C12H13N3O3/c1-15-10(8-3-2-6-18-8)14-9-7(12(16)17)4-5-13-11(9)15/h4-5,8H,2-3,6H2,1H3,(H,16,17). The van der Waals surface area contributed by atoms with Crippen molar-refractivity contribution in [2.75, 3.05) is 6.61 Å². The van der Waals surface area contributed by atoms with Crippen LogP contribution in [0.1, 0.15) is 35.1 Å². The number of pyridine rings is 1. The summed E-state index contributed by atoms with van der Waals surface area (Å²) >= 11 is 0. The van der Waals surface area contributed by atoms with Crippen LogP contribution in [0.5, 0.6) is 0 Å². The van der Waals surface area contributed by atoms with Gasteiger partial charge in [-0.25, -0.2) is 14.8 Å². The van der Waals surface area contributed by atoms with E-state index in [0.29, 0.717) is 11.2 Å². The van der Waals surface area contributed by atoms with Crippen molar-refractivity contribution in [3.8, 4) is 0 Å². The van der Waals surface area contributed by atoms with Gasteiger partial charge >= 0.3 is 5.97 Å². The van der Waals surface area contributed by atoms with Crippen LogP contribution in [0.15, 0.2) is 12.3 Å². The van der Waals surface area contributed by atoms with Crippen LogP contribution in [-0.2, 0) is 11.8 Å². The molecule has 3 rings (SSSR count). The lowest BCUT2D eigenvalue weighted by molar-refractivity contribution is 0.0698. The number of hydrogen-bond acceptors (Lipinski definition) is 4. The molecule has 1 aliphatic rings. The Balaban J connectivity index is 2.20. The van der Waals surface area contributed by atoms with Crippen molar-refractivity contribution < 1.29 is 14.6 Å². The predicted molar refractivity (Wildman–Crippen MR) is 63.4 cm³/mol. The molecule has 1 aliphatic heterocycles. The number of ether oxygens (including phenoxy) is 1. The van der Waals surface area contributed by atoms with Gasteiger partial charge in [0, 0.05) is 19.9 Å². The third kappa shape index (κ3) is 1.57. The zero-order valence-corrected chi connectivity index (χ0v) is 9.96. The van der Waals surface area contributed by atoms with Crippen LogP contribution in [0.4, 0.5) is 0 Å². The fourth-order valence-corrected chi connectivity index (χ4v) is 2.34. The van der Waals surface area contributed by atoms with Crippen molar-refractivity contribution in [3.63, 3.8) is 0 Å². The highest BCUT2D eigenvalue weighted by Gasteiger charge is 2.25. The molecule has 3 heterocycles. The average molecular weight is 247 g/mol. The molecule has 0 aromatic carbocycles. The van der Waals surface area contributed by atoms with E-state index in [1.807, 2.05) is 11.6 Å². The van der Waals surface area contributed by atoms with Gasteiger partial charge in [-0.1, -0.05) is 0 Å². The first kappa shape index (κ1) is 11.2. The van der Waals surface area contributed by atoms with E-state index in [2.05, 4.69) is 9.97 Å². The molecule has 0 aliphatic carbocycles. The number of aromatic nitrogens is 3. The lowest BCUT2D eigenvalue weighted by atomic mass is 10.2. The molecule has 2 aromatic heterocycles. The van der Waals surface area contributed by atoms with Crippen LogP contribution in [-0.4, -0.2) is 32.2 Å². The number of aromatic carboxylic acids is 1. The molecule has 18 heavy (non-hydrogen) atoms. The van der Waals surface area contributed by atoms with Crippen molar-refractivity contribution >= 4 is 17.1 Å². The van der Waals surface area contributed by atoms with Crippen LogP contribution in [0.25, 0.3) is 11.2 Å². The number of hydrogen-bond donors (Lipinski definition) is 1. The first-order valence-electron chi connectivity index (χ1n) is 5.84. The minimum Gasteiger partial charge on any atom is -0.478 e. The van der Waals surface area contributed by atoms with Gasteiger partial charge in [0.1, 0.15) is 17.4 Å². The van der Waals surface area contributed by atoms with Gasteiger partial charge in [-0.15, -0.1) is 0 Å². The summed E-state index contributed by atoms with van der Waals surface area (Å²) in [4.78, 5) is 19.8. The summed E-state index contributed by atoms with van der Waals surface area (Å²) in [5.41, 5.74) is 1.19. The fraction of sp³-hybridized carbons (Fsp3) is 0.417. The SMILES string of the molecule is Cn1c(C2CCCO2)nc2c(C(=O)O)ccnc21. The summed E-state index contributed by atoms with van der Waals surface area (Å²) in [7, 11) is 1.84. The number of carboxylic acid groups (broad SMARTS) is 1. The molecule has 94 valence electrons. The largest absolute Gasteiger partial charge is 0.478 e. The molecule has 1 fully saturated rings. The topological polar surface area (TPSA) is 77.2 Å². The Hall–Kier alpha value is -1.95. The molecular formula is C12H13N3O3. The molecule has 6 heteroatoms. The van der Waals surface area contributed by atoms with E-state index in [1.54, 1.807) is 0 Å². The average Bonchev–Trinajstić information content (AvgIpc) is 2.97. The molecule has 1 N–H and O–H groups in total. The van der Waals surface area contributed by atoms with E-state index in [1.165, 1.54) is 12.3 Å². The monoisotopic (exact) mass is 247 g/mol. The van der Waals surface area contributed by atoms with Crippen LogP contribution in [0, 0.1) is 0 Å². The molecule has 1 unspecified atom stereocenters. The van der Waals surface area contributed by atoms with Crippen LogP contribution < -0.4 is 0 Å². The third-order valence-corrected chi connectivity index (χ3v) is 3.24. The number of carboxylic acids is 1. The van der Waals surface area contributed by atoms with Crippen molar-refractivity contribution in [3.05, 3.63) is 23.7 Å². The molecule has 1 atom stereocenters. The van der Waals surface area contributed by atoms with Gasteiger partial charge < -0.3 is 14.4 Å². The van der Waals surface area contributed by atoms with Crippen LogP contribution in [0.3, 0.4) is 0 Å². The highest BCUT2D eigenvalue weighted by atomic mass is 16.5. The van der Waals surface area contributed by atoms with Crippen LogP contribution in [0.2, 0.25) is 0 Å². The summed E-state index contributed by atoms with van der Waals surface area (Å²) in [5, 5.41) is 9.14. The van der Waals surface area contributed by atoms with Crippen molar-refractivity contribution in [2.24, 2.45) is 7.05 Å². The van der Waals surface area contributed by atoms with E-state index in [0.717, 1.165) is 25.3 Å². The maximum absolute atomic E-state index is 11.1. The Kier molecular flexibility index (Phi) is 2.52. The Bertz CT molecular complexity index is 614. The summed E-state index contributed by atoms with van der Waals surface area (Å²) in [6.45, 7) is 0.729. The summed E-state index contributed by atoms with van der Waals surface area (Å²) in [6.07, 6.45) is 3.37. The number of imidazole rings is 1. The second-order valence-electron chi connectivity index (χ2n) is 4.37.